The summed E-state index contributed by atoms with van der Waals surface area (Å²) in [5.74, 6) is 2.87. The molecule has 0 bridgehead atoms. The Hall–Kier alpha value is -3.18. The molecule has 2 unspecified atom stereocenters. The molecule has 3 aliphatic heterocycles. The topological polar surface area (TPSA) is 43.3 Å². The highest BCUT2D eigenvalue weighted by atomic mass is 35.5. The highest BCUT2D eigenvalue weighted by molar-refractivity contribution is 6.30. The Balaban J connectivity index is 1.41. The lowest BCUT2D eigenvalue weighted by Crippen LogP contribution is -2.33. The minimum atomic E-state index is -0.304. The molecular formula is C26H23ClN2O3. The van der Waals surface area contributed by atoms with E-state index in [1.807, 2.05) is 36.4 Å². The fourth-order valence-electron chi connectivity index (χ4n) is 4.57. The average Bonchev–Trinajstić information content (AvgIpc) is 3.45. The molecule has 3 heterocycles. The van der Waals surface area contributed by atoms with Crippen LogP contribution < -0.4 is 14.2 Å². The van der Waals surface area contributed by atoms with Crippen LogP contribution in [0.3, 0.4) is 0 Å². The Kier molecular flexibility index (Phi) is 4.54. The molecule has 162 valence electrons. The summed E-state index contributed by atoms with van der Waals surface area (Å²) in [7, 11) is 0. The van der Waals surface area contributed by atoms with Crippen molar-refractivity contribution in [2.24, 2.45) is 5.10 Å². The van der Waals surface area contributed by atoms with Gasteiger partial charge in [-0.05, 0) is 47.9 Å². The standard InChI is InChI=1S/C26H23ClN2O3/c1-15(2)16-3-5-17(6-4-16)26-29-22(20-12-19(27)8-10-23(20)32-26)13-21(28-29)18-7-9-24-25(11-18)31-14-30-24/h3-12,15,22,26H,13-14H2,1-2H3. The zero-order valence-electron chi connectivity index (χ0n) is 17.9. The van der Waals surface area contributed by atoms with Crippen LogP contribution in [0.15, 0.2) is 65.8 Å². The molecule has 0 radical (unpaired) electrons. The maximum atomic E-state index is 6.46. The van der Waals surface area contributed by atoms with Gasteiger partial charge in [-0.3, -0.25) is 0 Å². The lowest BCUT2D eigenvalue weighted by molar-refractivity contribution is -0.0190. The van der Waals surface area contributed by atoms with Crippen LogP contribution in [0.2, 0.25) is 5.02 Å². The zero-order chi connectivity index (χ0) is 21.8. The number of nitrogens with zero attached hydrogens (tertiary/aromatic N) is 2. The van der Waals surface area contributed by atoms with Gasteiger partial charge >= 0.3 is 0 Å². The van der Waals surface area contributed by atoms with Crippen LogP contribution in [0, 0.1) is 0 Å². The number of rotatable bonds is 3. The fraction of sp³-hybridized carbons (Fsp3) is 0.269. The third kappa shape index (κ3) is 3.19. The quantitative estimate of drug-likeness (QED) is 0.464. The van der Waals surface area contributed by atoms with Crippen molar-refractivity contribution in [1.82, 2.24) is 5.01 Å². The number of halogens is 1. The Morgan fingerprint density at radius 3 is 2.53 bits per heavy atom. The van der Waals surface area contributed by atoms with E-state index < -0.39 is 0 Å². The second kappa shape index (κ2) is 7.45. The van der Waals surface area contributed by atoms with Gasteiger partial charge in [0.25, 0.3) is 0 Å². The smallest absolute Gasteiger partial charge is 0.231 e. The summed E-state index contributed by atoms with van der Waals surface area (Å²) in [4.78, 5) is 0. The SMILES string of the molecule is CC(C)c1ccc(C2Oc3ccc(Cl)cc3C3CC(c4ccc5c(c4)OCO5)=NN32)cc1. The van der Waals surface area contributed by atoms with Crippen molar-refractivity contribution in [2.75, 3.05) is 6.79 Å². The minimum absolute atomic E-state index is 0.0487. The van der Waals surface area contributed by atoms with E-state index in [0.29, 0.717) is 10.9 Å². The van der Waals surface area contributed by atoms with Crippen LogP contribution >= 0.6 is 11.6 Å². The van der Waals surface area contributed by atoms with E-state index in [4.69, 9.17) is 30.9 Å². The first kappa shape index (κ1) is 19.5. The predicted octanol–water partition coefficient (Wildman–Crippen LogP) is 6.43. The molecule has 3 aromatic rings. The molecule has 2 atom stereocenters. The van der Waals surface area contributed by atoms with Crippen LogP contribution in [0.4, 0.5) is 0 Å². The molecule has 0 saturated heterocycles. The van der Waals surface area contributed by atoms with E-state index in [9.17, 15) is 0 Å². The van der Waals surface area contributed by atoms with Crippen molar-refractivity contribution in [3.05, 3.63) is 87.9 Å². The highest BCUT2D eigenvalue weighted by Crippen LogP contribution is 2.48. The number of fused-ring (bicyclic) bond motifs is 4. The van der Waals surface area contributed by atoms with E-state index in [1.165, 1.54) is 5.56 Å². The van der Waals surface area contributed by atoms with Crippen LogP contribution in [0.25, 0.3) is 0 Å². The third-order valence-corrected chi connectivity index (χ3v) is 6.58. The van der Waals surface area contributed by atoms with Crippen LogP contribution in [-0.2, 0) is 0 Å². The van der Waals surface area contributed by atoms with Gasteiger partial charge in [0.2, 0.25) is 13.0 Å². The number of ether oxygens (including phenoxy) is 3. The maximum Gasteiger partial charge on any atom is 0.231 e. The van der Waals surface area contributed by atoms with Gasteiger partial charge in [0, 0.05) is 28.1 Å². The van der Waals surface area contributed by atoms with Gasteiger partial charge < -0.3 is 14.2 Å². The molecule has 0 fully saturated rings. The molecule has 3 aliphatic rings. The zero-order valence-corrected chi connectivity index (χ0v) is 18.7. The second-order valence-electron chi connectivity index (χ2n) is 8.69. The number of hydrazone groups is 1. The van der Waals surface area contributed by atoms with E-state index in [0.717, 1.165) is 46.1 Å². The first-order valence-corrected chi connectivity index (χ1v) is 11.3. The molecule has 6 rings (SSSR count). The summed E-state index contributed by atoms with van der Waals surface area (Å²) >= 11 is 6.34. The maximum absolute atomic E-state index is 6.46. The lowest BCUT2D eigenvalue weighted by Gasteiger charge is -2.38. The van der Waals surface area contributed by atoms with E-state index in [1.54, 1.807) is 0 Å². The molecule has 0 spiro atoms. The summed E-state index contributed by atoms with van der Waals surface area (Å²) in [5.41, 5.74) is 5.47. The summed E-state index contributed by atoms with van der Waals surface area (Å²) in [6, 6.07) is 20.5. The van der Waals surface area contributed by atoms with Gasteiger partial charge in [-0.1, -0.05) is 49.7 Å². The van der Waals surface area contributed by atoms with Crippen molar-refractivity contribution < 1.29 is 14.2 Å². The van der Waals surface area contributed by atoms with Gasteiger partial charge in [-0.2, -0.15) is 5.10 Å². The van der Waals surface area contributed by atoms with Crippen LogP contribution in [-0.4, -0.2) is 17.5 Å². The van der Waals surface area contributed by atoms with Crippen molar-refractivity contribution >= 4 is 17.3 Å². The Morgan fingerprint density at radius 2 is 1.72 bits per heavy atom. The van der Waals surface area contributed by atoms with Crippen LogP contribution in [0.1, 0.15) is 60.7 Å². The number of benzene rings is 3. The molecule has 0 aliphatic carbocycles. The first-order chi connectivity index (χ1) is 15.6. The molecule has 0 saturated carbocycles. The lowest BCUT2D eigenvalue weighted by atomic mass is 9.95. The van der Waals surface area contributed by atoms with Gasteiger partial charge in [0.15, 0.2) is 11.5 Å². The number of hydrogen-bond acceptors (Lipinski definition) is 5. The molecule has 0 N–H and O–H groups in total. The molecule has 0 aromatic heterocycles. The van der Waals surface area contributed by atoms with Crippen LogP contribution in [0.5, 0.6) is 17.2 Å². The van der Waals surface area contributed by atoms with Gasteiger partial charge in [0.05, 0.1) is 11.8 Å². The largest absolute Gasteiger partial charge is 0.464 e. The fourth-order valence-corrected chi connectivity index (χ4v) is 4.75. The third-order valence-electron chi connectivity index (χ3n) is 6.35. The van der Waals surface area contributed by atoms with Crippen molar-refractivity contribution in [3.63, 3.8) is 0 Å². The monoisotopic (exact) mass is 446 g/mol. The first-order valence-electron chi connectivity index (χ1n) is 10.9. The highest BCUT2D eigenvalue weighted by Gasteiger charge is 2.41. The van der Waals surface area contributed by atoms with Crippen molar-refractivity contribution in [3.8, 4) is 17.2 Å². The van der Waals surface area contributed by atoms with E-state index in [2.05, 4.69) is 43.1 Å². The summed E-state index contributed by atoms with van der Waals surface area (Å²) in [5, 5.41) is 7.81. The Morgan fingerprint density at radius 1 is 0.938 bits per heavy atom. The van der Waals surface area contributed by atoms with E-state index >= 15 is 0 Å². The average molecular weight is 447 g/mol. The van der Waals surface area contributed by atoms with Gasteiger partial charge in [-0.15, -0.1) is 0 Å². The molecular weight excluding hydrogens is 424 g/mol. The molecule has 3 aromatic carbocycles. The van der Waals surface area contributed by atoms with E-state index in [-0.39, 0.29) is 19.1 Å². The predicted molar refractivity (Wildman–Crippen MR) is 124 cm³/mol. The Labute approximate surface area is 192 Å². The van der Waals surface area contributed by atoms with Crippen molar-refractivity contribution in [2.45, 2.75) is 38.5 Å². The normalized spacial score (nSPS) is 20.6. The Bertz CT molecular complexity index is 1220. The molecule has 6 heteroatoms. The molecule has 0 amide bonds. The molecule has 5 nitrogen and oxygen atoms in total. The van der Waals surface area contributed by atoms with Gasteiger partial charge in [0.1, 0.15) is 5.75 Å². The second-order valence-corrected chi connectivity index (χ2v) is 9.12. The summed E-state index contributed by atoms with van der Waals surface area (Å²) < 4.78 is 17.5. The van der Waals surface area contributed by atoms with Crippen molar-refractivity contribution in [1.29, 1.82) is 0 Å². The van der Waals surface area contributed by atoms with Gasteiger partial charge in [-0.25, -0.2) is 5.01 Å². The minimum Gasteiger partial charge on any atom is -0.464 e. The molecule has 32 heavy (non-hydrogen) atoms. The summed E-state index contributed by atoms with van der Waals surface area (Å²) in [6.45, 7) is 4.66. The number of hydrogen-bond donors (Lipinski definition) is 0. The summed E-state index contributed by atoms with van der Waals surface area (Å²) in [6.07, 6.45) is 0.457.